The van der Waals surface area contributed by atoms with Crippen LogP contribution in [0.15, 0.2) is 36.5 Å². The molecule has 1 atom stereocenters. The van der Waals surface area contributed by atoms with Gasteiger partial charge in [-0.05, 0) is 31.9 Å². The van der Waals surface area contributed by atoms with E-state index < -0.39 is 0 Å². The summed E-state index contributed by atoms with van der Waals surface area (Å²) >= 11 is 1.43. The van der Waals surface area contributed by atoms with E-state index in [4.69, 9.17) is 4.74 Å². The van der Waals surface area contributed by atoms with Gasteiger partial charge in [0.15, 0.2) is 5.13 Å². The first-order valence-electron chi connectivity index (χ1n) is 9.13. The van der Waals surface area contributed by atoms with Crippen LogP contribution in [0.4, 0.5) is 5.13 Å². The van der Waals surface area contributed by atoms with Crippen LogP contribution in [0.1, 0.15) is 33.0 Å². The highest BCUT2D eigenvalue weighted by Crippen LogP contribution is 2.34. The van der Waals surface area contributed by atoms with Crippen molar-refractivity contribution in [3.05, 3.63) is 58.4 Å². The lowest BCUT2D eigenvalue weighted by molar-refractivity contribution is 0.102. The third-order valence-electron chi connectivity index (χ3n) is 4.82. The topological polar surface area (TPSA) is 84.3 Å². The molecule has 2 aromatic heterocycles. The predicted octanol–water partition coefficient (Wildman–Crippen LogP) is 3.62. The Morgan fingerprint density at radius 1 is 1.32 bits per heavy atom. The number of aliphatic hydroxyl groups excluding tert-OH is 1. The molecule has 0 radical (unpaired) electrons. The standard InChI is InChI=1S/C21H21N3O3S/c1-12-9-15(14-5-3-4-6-18(14)27-2)16(11-22-12)20(26)24-21-23-17-8-7-13(25)10-19(17)28-21/h3-6,9,11,13,25H,7-8,10H2,1-2H3,(H,23,24,26). The number of thiazole rings is 1. The fraction of sp³-hybridized carbons (Fsp3) is 0.286. The van der Waals surface area contributed by atoms with E-state index in [1.807, 2.05) is 37.3 Å². The maximum Gasteiger partial charge on any atom is 0.259 e. The molecule has 0 spiro atoms. The zero-order valence-electron chi connectivity index (χ0n) is 15.7. The minimum Gasteiger partial charge on any atom is -0.496 e. The molecule has 0 fully saturated rings. The number of benzene rings is 1. The molecule has 1 unspecified atom stereocenters. The largest absolute Gasteiger partial charge is 0.496 e. The van der Waals surface area contributed by atoms with Crippen LogP contribution in [-0.2, 0) is 12.8 Å². The fourth-order valence-electron chi connectivity index (χ4n) is 3.41. The van der Waals surface area contributed by atoms with Gasteiger partial charge >= 0.3 is 0 Å². The van der Waals surface area contributed by atoms with Gasteiger partial charge in [0, 0.05) is 34.3 Å². The highest BCUT2D eigenvalue weighted by atomic mass is 32.1. The molecule has 1 aromatic carbocycles. The van der Waals surface area contributed by atoms with Crippen LogP contribution < -0.4 is 10.1 Å². The Balaban J connectivity index is 1.67. The molecule has 144 valence electrons. The summed E-state index contributed by atoms with van der Waals surface area (Å²) in [6.07, 6.45) is 3.31. The Morgan fingerprint density at radius 3 is 2.96 bits per heavy atom. The van der Waals surface area contributed by atoms with Crippen LogP contribution in [0.3, 0.4) is 0 Å². The van der Waals surface area contributed by atoms with E-state index in [1.165, 1.54) is 11.3 Å². The summed E-state index contributed by atoms with van der Waals surface area (Å²) in [7, 11) is 1.61. The lowest BCUT2D eigenvalue weighted by Gasteiger charge is -2.14. The zero-order chi connectivity index (χ0) is 19.7. The summed E-state index contributed by atoms with van der Waals surface area (Å²) in [6, 6.07) is 9.48. The molecule has 2 N–H and O–H groups in total. The lowest BCUT2D eigenvalue weighted by Crippen LogP contribution is -2.17. The fourth-order valence-corrected chi connectivity index (χ4v) is 4.48. The number of methoxy groups -OCH3 is 1. The Labute approximate surface area is 167 Å². The van der Waals surface area contributed by atoms with Crippen molar-refractivity contribution in [2.24, 2.45) is 0 Å². The monoisotopic (exact) mass is 395 g/mol. The number of anilines is 1. The number of fused-ring (bicyclic) bond motifs is 1. The molecule has 0 bridgehead atoms. The summed E-state index contributed by atoms with van der Waals surface area (Å²) in [5.74, 6) is 0.431. The molecular formula is C21H21N3O3S. The van der Waals surface area contributed by atoms with Crippen molar-refractivity contribution in [3.63, 3.8) is 0 Å². The third kappa shape index (κ3) is 3.63. The number of carbonyl (C=O) groups excluding carboxylic acids is 1. The molecule has 1 aliphatic rings. The second-order valence-electron chi connectivity index (χ2n) is 6.81. The van der Waals surface area contributed by atoms with E-state index in [0.29, 0.717) is 29.3 Å². The van der Waals surface area contributed by atoms with Gasteiger partial charge in [0.25, 0.3) is 5.91 Å². The number of para-hydroxylation sites is 1. The quantitative estimate of drug-likeness (QED) is 0.705. The SMILES string of the molecule is COc1ccccc1-c1cc(C)ncc1C(=O)Nc1nc2c(s1)CC(O)CC2. The first-order valence-corrected chi connectivity index (χ1v) is 9.95. The van der Waals surface area contributed by atoms with Crippen LogP contribution in [0.2, 0.25) is 0 Å². The molecule has 0 aliphatic heterocycles. The predicted molar refractivity (Wildman–Crippen MR) is 109 cm³/mol. The molecule has 0 saturated carbocycles. The molecule has 6 nitrogen and oxygen atoms in total. The summed E-state index contributed by atoms with van der Waals surface area (Å²) in [4.78, 5) is 22.9. The molecule has 1 amide bonds. The van der Waals surface area contributed by atoms with Crippen molar-refractivity contribution in [1.29, 1.82) is 0 Å². The number of ether oxygens (including phenoxy) is 1. The Hall–Kier alpha value is -2.77. The molecule has 3 aromatic rings. The van der Waals surface area contributed by atoms with Gasteiger partial charge in [-0.1, -0.05) is 18.2 Å². The maximum absolute atomic E-state index is 13.0. The second kappa shape index (κ2) is 7.69. The number of aryl methyl sites for hydroxylation is 2. The summed E-state index contributed by atoms with van der Waals surface area (Å²) in [5, 5.41) is 13.3. The van der Waals surface area contributed by atoms with E-state index in [9.17, 15) is 9.90 Å². The van der Waals surface area contributed by atoms with E-state index >= 15 is 0 Å². The van der Waals surface area contributed by atoms with Gasteiger partial charge in [-0.3, -0.25) is 15.1 Å². The van der Waals surface area contributed by atoms with Crippen molar-refractivity contribution in [1.82, 2.24) is 9.97 Å². The molecule has 1 aliphatic carbocycles. The lowest BCUT2D eigenvalue weighted by atomic mass is 9.99. The second-order valence-corrected chi connectivity index (χ2v) is 7.89. The third-order valence-corrected chi connectivity index (χ3v) is 5.85. The first kappa shape index (κ1) is 18.6. The number of aromatic nitrogens is 2. The van der Waals surface area contributed by atoms with Crippen LogP contribution in [0.5, 0.6) is 5.75 Å². The van der Waals surface area contributed by atoms with Crippen LogP contribution in [0, 0.1) is 6.92 Å². The molecule has 2 heterocycles. The maximum atomic E-state index is 13.0. The first-order chi connectivity index (χ1) is 13.5. The summed E-state index contributed by atoms with van der Waals surface area (Å²) in [6.45, 7) is 1.89. The van der Waals surface area contributed by atoms with Crippen LogP contribution in [-0.4, -0.2) is 34.2 Å². The number of pyridine rings is 1. The van der Waals surface area contributed by atoms with Gasteiger partial charge in [0.2, 0.25) is 0 Å². The highest BCUT2D eigenvalue weighted by Gasteiger charge is 2.23. The number of hydrogen-bond donors (Lipinski definition) is 2. The molecular weight excluding hydrogens is 374 g/mol. The van der Waals surface area contributed by atoms with E-state index in [1.54, 1.807) is 13.3 Å². The zero-order valence-corrected chi connectivity index (χ0v) is 16.5. The molecule has 0 saturated heterocycles. The van der Waals surface area contributed by atoms with Crippen molar-refractivity contribution in [2.45, 2.75) is 32.3 Å². The van der Waals surface area contributed by atoms with Crippen molar-refractivity contribution in [3.8, 4) is 16.9 Å². The van der Waals surface area contributed by atoms with E-state index in [0.717, 1.165) is 33.8 Å². The van der Waals surface area contributed by atoms with Gasteiger partial charge in [-0.2, -0.15) is 0 Å². The van der Waals surface area contributed by atoms with Crippen LogP contribution in [0.25, 0.3) is 11.1 Å². The van der Waals surface area contributed by atoms with Gasteiger partial charge in [0.1, 0.15) is 5.75 Å². The van der Waals surface area contributed by atoms with Gasteiger partial charge < -0.3 is 9.84 Å². The number of carbonyl (C=O) groups is 1. The Bertz CT molecular complexity index is 1030. The van der Waals surface area contributed by atoms with Gasteiger partial charge in [0.05, 0.1) is 24.5 Å². The number of nitrogens with one attached hydrogen (secondary N) is 1. The number of nitrogens with zero attached hydrogens (tertiary/aromatic N) is 2. The average Bonchev–Trinajstić information content (AvgIpc) is 3.09. The van der Waals surface area contributed by atoms with Crippen LogP contribution >= 0.6 is 11.3 Å². The Kier molecular flexibility index (Phi) is 5.11. The minimum atomic E-state index is -0.324. The molecule has 4 rings (SSSR count). The van der Waals surface area contributed by atoms with E-state index in [2.05, 4.69) is 15.3 Å². The number of rotatable bonds is 4. The minimum absolute atomic E-state index is 0.264. The normalized spacial score (nSPS) is 15.8. The van der Waals surface area contributed by atoms with Crippen molar-refractivity contribution >= 4 is 22.4 Å². The molecule has 28 heavy (non-hydrogen) atoms. The average molecular weight is 395 g/mol. The molecule has 7 heteroatoms. The van der Waals surface area contributed by atoms with Crippen molar-refractivity contribution in [2.75, 3.05) is 12.4 Å². The number of hydrogen-bond acceptors (Lipinski definition) is 6. The van der Waals surface area contributed by atoms with Gasteiger partial charge in [-0.15, -0.1) is 11.3 Å². The smallest absolute Gasteiger partial charge is 0.259 e. The Morgan fingerprint density at radius 2 is 2.14 bits per heavy atom. The van der Waals surface area contributed by atoms with Crippen molar-refractivity contribution < 1.29 is 14.6 Å². The van der Waals surface area contributed by atoms with Gasteiger partial charge in [-0.25, -0.2) is 4.98 Å². The summed E-state index contributed by atoms with van der Waals surface area (Å²) in [5.41, 5.74) is 3.85. The van der Waals surface area contributed by atoms with E-state index in [-0.39, 0.29) is 12.0 Å². The number of aliphatic hydroxyl groups is 1. The summed E-state index contributed by atoms with van der Waals surface area (Å²) < 4.78 is 5.47. The highest BCUT2D eigenvalue weighted by molar-refractivity contribution is 7.15. The number of amides is 1.